The zero-order valence-corrected chi connectivity index (χ0v) is 11.0. The van der Waals surface area contributed by atoms with Crippen LogP contribution >= 0.6 is 23.5 Å². The smallest absolute Gasteiger partial charge is 0.252 e. The maximum absolute atomic E-state index is 11.8. The van der Waals surface area contributed by atoms with E-state index in [1.165, 1.54) is 17.7 Å². The third-order valence-electron chi connectivity index (χ3n) is 2.42. The van der Waals surface area contributed by atoms with Crippen LogP contribution in [0.5, 0.6) is 0 Å². The molecular formula is C11H15N3OS2. The maximum Gasteiger partial charge on any atom is 0.252 e. The van der Waals surface area contributed by atoms with Crippen LogP contribution in [0.4, 0.5) is 5.82 Å². The summed E-state index contributed by atoms with van der Waals surface area (Å²) in [6.07, 6.45) is 1.51. The van der Waals surface area contributed by atoms with E-state index in [9.17, 15) is 4.79 Å². The summed E-state index contributed by atoms with van der Waals surface area (Å²) in [4.78, 5) is 15.7. The lowest BCUT2D eigenvalue weighted by Crippen LogP contribution is -2.33. The molecule has 1 aromatic rings. The Bertz CT molecular complexity index is 377. The van der Waals surface area contributed by atoms with Gasteiger partial charge in [-0.05, 0) is 12.1 Å². The van der Waals surface area contributed by atoms with Crippen LogP contribution in [0.25, 0.3) is 0 Å². The first kappa shape index (κ1) is 12.6. The molecular weight excluding hydrogens is 254 g/mol. The number of carbonyl (C=O) groups is 1. The van der Waals surface area contributed by atoms with Crippen molar-refractivity contribution in [2.75, 3.05) is 29.5 Å². The van der Waals surface area contributed by atoms with Crippen LogP contribution in [0.3, 0.4) is 0 Å². The lowest BCUT2D eigenvalue weighted by Gasteiger charge is -2.21. The van der Waals surface area contributed by atoms with Crippen molar-refractivity contribution >= 4 is 35.2 Å². The molecule has 0 bridgehead atoms. The average molecular weight is 269 g/mol. The number of thioether (sulfide) groups is 2. The quantitative estimate of drug-likeness (QED) is 0.864. The van der Waals surface area contributed by atoms with Crippen molar-refractivity contribution in [1.29, 1.82) is 0 Å². The maximum atomic E-state index is 11.8. The Hall–Kier alpha value is -0.880. The molecule has 1 aliphatic heterocycles. The molecule has 17 heavy (non-hydrogen) atoms. The zero-order valence-electron chi connectivity index (χ0n) is 9.39. The Kier molecular flexibility index (Phi) is 4.56. The van der Waals surface area contributed by atoms with Crippen LogP contribution in [-0.2, 0) is 0 Å². The molecule has 1 unspecified atom stereocenters. The number of carbonyl (C=O) groups excluding carboxylic acids is 1. The number of nitrogens with one attached hydrogen (secondary N) is 1. The summed E-state index contributed by atoms with van der Waals surface area (Å²) in [5, 5.41) is 3.46. The number of nitrogen functional groups attached to an aromatic ring is 1. The highest BCUT2D eigenvalue weighted by atomic mass is 32.2. The fourth-order valence-electron chi connectivity index (χ4n) is 1.50. The Balaban J connectivity index is 1.82. The molecule has 1 saturated heterocycles. The van der Waals surface area contributed by atoms with Crippen LogP contribution in [0.15, 0.2) is 18.3 Å². The van der Waals surface area contributed by atoms with Crippen LogP contribution in [0.2, 0.25) is 0 Å². The average Bonchev–Trinajstić information content (AvgIpc) is 2.38. The van der Waals surface area contributed by atoms with E-state index in [-0.39, 0.29) is 5.91 Å². The van der Waals surface area contributed by atoms with Gasteiger partial charge in [-0.3, -0.25) is 4.79 Å². The highest BCUT2D eigenvalue weighted by molar-refractivity contribution is 8.06. The van der Waals surface area contributed by atoms with Gasteiger partial charge in [0.05, 0.1) is 5.56 Å². The van der Waals surface area contributed by atoms with E-state index in [2.05, 4.69) is 10.3 Å². The van der Waals surface area contributed by atoms with Crippen LogP contribution < -0.4 is 11.1 Å². The van der Waals surface area contributed by atoms with Crippen LogP contribution in [0.1, 0.15) is 10.4 Å². The predicted octanol–water partition coefficient (Wildman–Crippen LogP) is 1.24. The van der Waals surface area contributed by atoms with Gasteiger partial charge in [-0.1, -0.05) is 0 Å². The number of hydrogen-bond acceptors (Lipinski definition) is 5. The van der Waals surface area contributed by atoms with E-state index in [0.717, 1.165) is 12.3 Å². The molecule has 0 spiro atoms. The molecule has 0 radical (unpaired) electrons. The van der Waals surface area contributed by atoms with Crippen molar-refractivity contribution in [3.05, 3.63) is 23.9 Å². The van der Waals surface area contributed by atoms with Gasteiger partial charge in [0.15, 0.2) is 0 Å². The first-order valence-corrected chi connectivity index (χ1v) is 7.65. The summed E-state index contributed by atoms with van der Waals surface area (Å²) in [6.45, 7) is 0.723. The first-order chi connectivity index (χ1) is 8.25. The van der Waals surface area contributed by atoms with Crippen molar-refractivity contribution in [2.45, 2.75) is 5.25 Å². The SMILES string of the molecule is Nc1ccc(C(=O)NCC2CSCCS2)cn1. The van der Waals surface area contributed by atoms with Crippen LogP contribution in [-0.4, -0.2) is 39.9 Å². The van der Waals surface area contributed by atoms with Gasteiger partial charge in [0, 0.05) is 35.3 Å². The Labute approximate surface area is 109 Å². The van der Waals surface area contributed by atoms with E-state index < -0.39 is 0 Å². The summed E-state index contributed by atoms with van der Waals surface area (Å²) in [7, 11) is 0. The minimum atomic E-state index is -0.0753. The fourth-order valence-corrected chi connectivity index (χ4v) is 4.11. The molecule has 2 rings (SSSR count). The van der Waals surface area contributed by atoms with E-state index in [1.54, 1.807) is 12.1 Å². The minimum absolute atomic E-state index is 0.0753. The van der Waals surface area contributed by atoms with Gasteiger partial charge in [-0.2, -0.15) is 23.5 Å². The van der Waals surface area contributed by atoms with Crippen molar-refractivity contribution in [3.8, 4) is 0 Å². The second-order valence-corrected chi connectivity index (χ2v) is 6.31. The molecule has 6 heteroatoms. The van der Waals surface area contributed by atoms with Gasteiger partial charge in [0.25, 0.3) is 5.91 Å². The van der Waals surface area contributed by atoms with Gasteiger partial charge < -0.3 is 11.1 Å². The van der Waals surface area contributed by atoms with Gasteiger partial charge in [0.2, 0.25) is 0 Å². The van der Waals surface area contributed by atoms with E-state index in [1.807, 2.05) is 23.5 Å². The van der Waals surface area contributed by atoms with Crippen LogP contribution in [0, 0.1) is 0 Å². The summed E-state index contributed by atoms with van der Waals surface area (Å²) >= 11 is 3.88. The molecule has 2 heterocycles. The number of nitrogens with two attached hydrogens (primary N) is 1. The summed E-state index contributed by atoms with van der Waals surface area (Å²) in [5.74, 6) is 3.87. The standard InChI is InChI=1S/C11H15N3OS2/c12-10-2-1-8(5-13-10)11(15)14-6-9-7-16-3-4-17-9/h1-2,5,9H,3-4,6-7H2,(H2,12,13)(H,14,15). The molecule has 0 aromatic carbocycles. The number of pyridine rings is 1. The number of rotatable bonds is 3. The minimum Gasteiger partial charge on any atom is -0.384 e. The van der Waals surface area contributed by atoms with Crippen molar-refractivity contribution in [2.24, 2.45) is 0 Å². The molecule has 1 aliphatic rings. The molecule has 1 amide bonds. The Morgan fingerprint density at radius 1 is 1.53 bits per heavy atom. The highest BCUT2D eigenvalue weighted by Gasteiger charge is 2.15. The fraction of sp³-hybridized carbons (Fsp3) is 0.455. The Morgan fingerprint density at radius 2 is 2.41 bits per heavy atom. The number of hydrogen-bond donors (Lipinski definition) is 2. The first-order valence-electron chi connectivity index (χ1n) is 5.45. The van der Waals surface area contributed by atoms with E-state index >= 15 is 0 Å². The third kappa shape index (κ3) is 3.81. The number of anilines is 1. The van der Waals surface area contributed by atoms with Crippen molar-refractivity contribution in [1.82, 2.24) is 10.3 Å². The van der Waals surface area contributed by atoms with E-state index in [4.69, 9.17) is 5.73 Å². The van der Waals surface area contributed by atoms with Gasteiger partial charge >= 0.3 is 0 Å². The molecule has 92 valence electrons. The lowest BCUT2D eigenvalue weighted by atomic mass is 10.2. The normalized spacial score (nSPS) is 19.9. The van der Waals surface area contributed by atoms with Gasteiger partial charge in [0.1, 0.15) is 5.82 Å². The second kappa shape index (κ2) is 6.16. The summed E-state index contributed by atoms with van der Waals surface area (Å²) < 4.78 is 0. The predicted molar refractivity (Wildman–Crippen MR) is 74.6 cm³/mol. The molecule has 0 aliphatic carbocycles. The lowest BCUT2D eigenvalue weighted by molar-refractivity contribution is 0.0954. The number of nitrogens with zero attached hydrogens (tertiary/aromatic N) is 1. The Morgan fingerprint density at radius 3 is 3.06 bits per heavy atom. The highest BCUT2D eigenvalue weighted by Crippen LogP contribution is 2.23. The van der Waals surface area contributed by atoms with Gasteiger partial charge in [-0.25, -0.2) is 4.98 Å². The molecule has 0 saturated carbocycles. The van der Waals surface area contributed by atoms with Crippen molar-refractivity contribution in [3.63, 3.8) is 0 Å². The molecule has 3 N–H and O–H groups in total. The van der Waals surface area contributed by atoms with E-state index in [0.29, 0.717) is 16.6 Å². The third-order valence-corrected chi connectivity index (χ3v) is 5.27. The van der Waals surface area contributed by atoms with Crippen molar-refractivity contribution < 1.29 is 4.79 Å². The molecule has 4 nitrogen and oxygen atoms in total. The van der Waals surface area contributed by atoms with Gasteiger partial charge in [-0.15, -0.1) is 0 Å². The largest absolute Gasteiger partial charge is 0.384 e. The number of amides is 1. The topological polar surface area (TPSA) is 68.0 Å². The summed E-state index contributed by atoms with van der Waals surface area (Å²) in [6, 6.07) is 3.33. The molecule has 1 aromatic heterocycles. The second-order valence-electron chi connectivity index (χ2n) is 3.75. The zero-order chi connectivity index (χ0) is 12.1. The summed E-state index contributed by atoms with van der Waals surface area (Å²) in [5.41, 5.74) is 6.03. The molecule has 1 atom stereocenters. The number of aromatic nitrogens is 1. The molecule has 1 fully saturated rings. The monoisotopic (exact) mass is 269 g/mol.